The van der Waals surface area contributed by atoms with Gasteiger partial charge in [0.15, 0.2) is 0 Å². The van der Waals surface area contributed by atoms with Crippen LogP contribution in [0.2, 0.25) is 0 Å². The average molecular weight is 166 g/mol. The predicted octanol–water partition coefficient (Wildman–Crippen LogP) is 1.98. The number of hydrogen-bond donors (Lipinski definition) is 0. The third kappa shape index (κ3) is 3.30. The summed E-state index contributed by atoms with van der Waals surface area (Å²) < 4.78 is 29.0. The molecule has 0 unspecified atom stereocenters. The summed E-state index contributed by atoms with van der Waals surface area (Å²) in [5.41, 5.74) is 0. The Bertz CT molecular complexity index is 134. The molecule has 0 aromatic heterocycles. The Balaban J connectivity index is 3.82. The summed E-state index contributed by atoms with van der Waals surface area (Å²) in [6.45, 7) is 3.05. The zero-order valence-corrected chi connectivity index (χ0v) is 6.69. The van der Waals surface area contributed by atoms with Crippen molar-refractivity contribution >= 4 is 5.97 Å². The van der Waals surface area contributed by atoms with Crippen molar-refractivity contribution in [3.05, 3.63) is 0 Å². The summed E-state index contributed by atoms with van der Waals surface area (Å²) in [5.74, 6) is -4.73. The largest absolute Gasteiger partial charge is 0.461 e. The number of rotatable bonds is 4. The van der Waals surface area contributed by atoms with E-state index in [-0.39, 0.29) is 6.61 Å². The van der Waals surface area contributed by atoms with Gasteiger partial charge in [0, 0.05) is 6.42 Å². The van der Waals surface area contributed by atoms with Gasteiger partial charge in [-0.25, -0.2) is 4.79 Å². The summed E-state index contributed by atoms with van der Waals surface area (Å²) >= 11 is 0. The van der Waals surface area contributed by atoms with Crippen LogP contribution in [0, 0.1) is 0 Å². The van der Waals surface area contributed by atoms with E-state index in [1.54, 1.807) is 6.92 Å². The van der Waals surface area contributed by atoms with Gasteiger partial charge in [-0.1, -0.05) is 13.8 Å². The van der Waals surface area contributed by atoms with E-state index in [0.717, 1.165) is 0 Å². The van der Waals surface area contributed by atoms with Gasteiger partial charge < -0.3 is 4.74 Å². The molecular formula is C7H12F2O2. The monoisotopic (exact) mass is 166 g/mol. The summed E-state index contributed by atoms with van der Waals surface area (Å²) in [7, 11) is 0. The maximum atomic E-state index is 12.4. The normalized spacial score (nSPS) is 11.3. The SMILES string of the molecule is CCCOC(=O)C(F)(F)CC. The lowest BCUT2D eigenvalue weighted by molar-refractivity contribution is -0.172. The van der Waals surface area contributed by atoms with E-state index in [4.69, 9.17) is 0 Å². The first kappa shape index (κ1) is 10.3. The van der Waals surface area contributed by atoms with Crippen LogP contribution in [-0.4, -0.2) is 18.5 Å². The zero-order valence-electron chi connectivity index (χ0n) is 6.69. The van der Waals surface area contributed by atoms with Crippen LogP contribution in [0.25, 0.3) is 0 Å². The Morgan fingerprint density at radius 2 is 2.00 bits per heavy atom. The molecule has 0 fully saturated rings. The van der Waals surface area contributed by atoms with Crippen LogP contribution < -0.4 is 0 Å². The van der Waals surface area contributed by atoms with Gasteiger partial charge >= 0.3 is 11.9 Å². The molecule has 66 valence electrons. The molecule has 0 N–H and O–H groups in total. The highest BCUT2D eigenvalue weighted by Gasteiger charge is 2.38. The molecule has 0 radical (unpaired) electrons. The molecule has 0 rings (SSSR count). The van der Waals surface area contributed by atoms with Crippen molar-refractivity contribution in [2.75, 3.05) is 6.61 Å². The van der Waals surface area contributed by atoms with Crippen molar-refractivity contribution in [3.8, 4) is 0 Å². The quantitative estimate of drug-likeness (QED) is 0.597. The number of alkyl halides is 2. The lowest BCUT2D eigenvalue weighted by Crippen LogP contribution is -2.29. The van der Waals surface area contributed by atoms with Gasteiger partial charge in [0.05, 0.1) is 6.61 Å². The minimum atomic E-state index is -3.31. The van der Waals surface area contributed by atoms with E-state index in [2.05, 4.69) is 4.74 Å². The van der Waals surface area contributed by atoms with Crippen molar-refractivity contribution < 1.29 is 18.3 Å². The molecule has 2 nitrogen and oxygen atoms in total. The molecule has 0 amide bonds. The number of hydrogen-bond acceptors (Lipinski definition) is 2. The van der Waals surface area contributed by atoms with Crippen molar-refractivity contribution in [2.45, 2.75) is 32.6 Å². The van der Waals surface area contributed by atoms with Crippen molar-refractivity contribution in [1.82, 2.24) is 0 Å². The van der Waals surface area contributed by atoms with Gasteiger partial charge in [-0.15, -0.1) is 0 Å². The van der Waals surface area contributed by atoms with Crippen molar-refractivity contribution in [2.24, 2.45) is 0 Å². The number of halogens is 2. The van der Waals surface area contributed by atoms with Crippen LogP contribution in [0.1, 0.15) is 26.7 Å². The third-order valence-electron chi connectivity index (χ3n) is 1.18. The molecule has 0 saturated carbocycles. The van der Waals surface area contributed by atoms with E-state index in [0.29, 0.717) is 6.42 Å². The fourth-order valence-electron chi connectivity index (χ4n) is 0.445. The highest BCUT2D eigenvalue weighted by Crippen LogP contribution is 2.19. The molecule has 0 aromatic carbocycles. The fraction of sp³-hybridized carbons (Fsp3) is 0.857. The topological polar surface area (TPSA) is 26.3 Å². The maximum absolute atomic E-state index is 12.4. The molecule has 0 aliphatic heterocycles. The lowest BCUT2D eigenvalue weighted by Gasteiger charge is -2.11. The molecule has 0 spiro atoms. The minimum Gasteiger partial charge on any atom is -0.461 e. The molecular weight excluding hydrogens is 154 g/mol. The molecule has 0 aliphatic carbocycles. The molecule has 4 heteroatoms. The van der Waals surface area contributed by atoms with Crippen LogP contribution in [0.5, 0.6) is 0 Å². The van der Waals surface area contributed by atoms with Crippen LogP contribution in [0.4, 0.5) is 8.78 Å². The maximum Gasteiger partial charge on any atom is 0.376 e. The standard InChI is InChI=1S/C7H12F2O2/c1-3-5-11-6(10)7(8,9)4-2/h3-5H2,1-2H3. The van der Waals surface area contributed by atoms with E-state index in [9.17, 15) is 13.6 Å². The second kappa shape index (κ2) is 4.26. The van der Waals surface area contributed by atoms with Crippen molar-refractivity contribution in [3.63, 3.8) is 0 Å². The minimum absolute atomic E-state index is 0.0639. The van der Waals surface area contributed by atoms with Gasteiger partial charge in [0.25, 0.3) is 0 Å². The number of carbonyl (C=O) groups is 1. The van der Waals surface area contributed by atoms with Crippen LogP contribution >= 0.6 is 0 Å². The van der Waals surface area contributed by atoms with Crippen LogP contribution in [-0.2, 0) is 9.53 Å². The van der Waals surface area contributed by atoms with Gasteiger partial charge in [0.2, 0.25) is 0 Å². The summed E-state index contributed by atoms with van der Waals surface area (Å²) in [6.07, 6.45) is 0.0566. The first-order valence-electron chi connectivity index (χ1n) is 3.59. The Morgan fingerprint density at radius 3 is 2.36 bits per heavy atom. The summed E-state index contributed by atoms with van der Waals surface area (Å²) in [5, 5.41) is 0. The van der Waals surface area contributed by atoms with Gasteiger partial charge in [-0.3, -0.25) is 0 Å². The average Bonchev–Trinajstić information content (AvgIpc) is 2.00. The lowest BCUT2D eigenvalue weighted by atomic mass is 10.3. The molecule has 0 saturated heterocycles. The highest BCUT2D eigenvalue weighted by molar-refractivity contribution is 5.77. The van der Waals surface area contributed by atoms with Crippen LogP contribution in [0.3, 0.4) is 0 Å². The molecule has 0 heterocycles. The summed E-state index contributed by atoms with van der Waals surface area (Å²) in [4.78, 5) is 10.5. The van der Waals surface area contributed by atoms with E-state index in [1.165, 1.54) is 6.92 Å². The molecule has 0 aromatic rings. The number of ether oxygens (including phenoxy) is 1. The number of esters is 1. The Hall–Kier alpha value is -0.670. The Morgan fingerprint density at radius 1 is 1.45 bits per heavy atom. The smallest absolute Gasteiger partial charge is 0.376 e. The molecule has 0 atom stereocenters. The molecule has 11 heavy (non-hydrogen) atoms. The Labute approximate surface area is 64.5 Å². The van der Waals surface area contributed by atoms with E-state index in [1.807, 2.05) is 0 Å². The van der Waals surface area contributed by atoms with Crippen molar-refractivity contribution in [1.29, 1.82) is 0 Å². The first-order chi connectivity index (χ1) is 5.04. The fourth-order valence-corrected chi connectivity index (χ4v) is 0.445. The first-order valence-corrected chi connectivity index (χ1v) is 3.59. The predicted molar refractivity (Wildman–Crippen MR) is 36.5 cm³/mol. The van der Waals surface area contributed by atoms with Crippen LogP contribution in [0.15, 0.2) is 0 Å². The Kier molecular flexibility index (Phi) is 4.00. The highest BCUT2D eigenvalue weighted by atomic mass is 19.3. The van der Waals surface area contributed by atoms with Gasteiger partial charge in [0.1, 0.15) is 0 Å². The number of carbonyl (C=O) groups excluding carboxylic acids is 1. The third-order valence-corrected chi connectivity index (χ3v) is 1.18. The second-order valence-corrected chi connectivity index (χ2v) is 2.19. The van der Waals surface area contributed by atoms with E-state index >= 15 is 0 Å². The summed E-state index contributed by atoms with van der Waals surface area (Å²) in [6, 6.07) is 0. The van der Waals surface area contributed by atoms with Gasteiger partial charge in [-0.2, -0.15) is 8.78 Å². The van der Waals surface area contributed by atoms with E-state index < -0.39 is 18.3 Å². The second-order valence-electron chi connectivity index (χ2n) is 2.19. The molecule has 0 bridgehead atoms. The van der Waals surface area contributed by atoms with Gasteiger partial charge in [-0.05, 0) is 6.42 Å². The zero-order chi connectivity index (χ0) is 8.91. The molecule has 0 aliphatic rings.